The molecular formula is C15H21N3O3. The van der Waals surface area contributed by atoms with Gasteiger partial charge in [0.1, 0.15) is 11.6 Å². The van der Waals surface area contributed by atoms with E-state index in [9.17, 15) is 14.4 Å². The Morgan fingerprint density at radius 1 is 0.857 bits per heavy atom. The van der Waals surface area contributed by atoms with Gasteiger partial charge in [-0.2, -0.15) is 0 Å². The summed E-state index contributed by atoms with van der Waals surface area (Å²) in [7, 11) is 0. The largest absolute Gasteiger partial charge is 0.334 e. The first-order valence-electron chi connectivity index (χ1n) is 6.52. The fourth-order valence-corrected chi connectivity index (χ4v) is 1.96. The minimum absolute atomic E-state index is 0.103. The molecule has 0 bridgehead atoms. The third-order valence-corrected chi connectivity index (χ3v) is 2.78. The first kappa shape index (κ1) is 16.7. The quantitative estimate of drug-likeness (QED) is 0.706. The molecule has 0 aromatic heterocycles. The van der Waals surface area contributed by atoms with E-state index in [1.54, 1.807) is 13.8 Å². The zero-order chi connectivity index (χ0) is 16.3. The minimum atomic E-state index is -0.554. The number of nitrogens with zero attached hydrogens (tertiary/aromatic N) is 3. The Morgan fingerprint density at radius 2 is 1.24 bits per heavy atom. The summed E-state index contributed by atoms with van der Waals surface area (Å²) in [6, 6.07) is -1.03. The number of carbonyl (C=O) groups is 3. The van der Waals surface area contributed by atoms with E-state index in [1.807, 2.05) is 0 Å². The summed E-state index contributed by atoms with van der Waals surface area (Å²) in [4.78, 5) is 39.8. The molecule has 6 heteroatoms. The molecule has 1 saturated heterocycles. The van der Waals surface area contributed by atoms with Crippen LogP contribution in [0, 0.1) is 0 Å². The van der Waals surface area contributed by atoms with E-state index >= 15 is 0 Å². The lowest BCUT2D eigenvalue weighted by atomic mass is 10.2. The lowest BCUT2D eigenvalue weighted by Gasteiger charge is -2.42. The Labute approximate surface area is 125 Å². The number of imide groups is 1. The molecule has 1 heterocycles. The van der Waals surface area contributed by atoms with Crippen molar-refractivity contribution in [3.05, 3.63) is 36.7 Å². The Morgan fingerprint density at radius 3 is 1.62 bits per heavy atom. The van der Waals surface area contributed by atoms with E-state index in [0.717, 1.165) is 10.5 Å². The van der Waals surface area contributed by atoms with E-state index < -0.39 is 12.1 Å². The van der Waals surface area contributed by atoms with Gasteiger partial charge in [0.25, 0.3) is 0 Å². The lowest BCUT2D eigenvalue weighted by molar-refractivity contribution is -0.117. The molecule has 0 radical (unpaired) electrons. The van der Waals surface area contributed by atoms with Crippen molar-refractivity contribution in [3.63, 3.8) is 0 Å². The maximum Gasteiger partial charge on any atom is 0.334 e. The second-order valence-corrected chi connectivity index (χ2v) is 5.36. The molecule has 6 nitrogen and oxygen atoms in total. The van der Waals surface area contributed by atoms with Gasteiger partial charge in [0.2, 0.25) is 0 Å². The van der Waals surface area contributed by atoms with Crippen LogP contribution in [0.4, 0.5) is 9.59 Å². The van der Waals surface area contributed by atoms with Gasteiger partial charge in [-0.3, -0.25) is 14.6 Å². The molecule has 1 rings (SSSR count). The van der Waals surface area contributed by atoms with Crippen LogP contribution in [-0.4, -0.2) is 52.2 Å². The normalized spacial score (nSPS) is 15.6. The van der Waals surface area contributed by atoms with E-state index in [-0.39, 0.29) is 31.2 Å². The number of rotatable bonds is 6. The Kier molecular flexibility index (Phi) is 5.07. The SMILES string of the molecule is C=C(C)CN1C(=C)N(CC(C)=O)C(=O)N(CC(=C)C)C1=O. The number of amides is 4. The highest BCUT2D eigenvalue weighted by Crippen LogP contribution is 2.22. The monoisotopic (exact) mass is 291 g/mol. The first-order valence-corrected chi connectivity index (χ1v) is 6.52. The number of hydrogen-bond donors (Lipinski definition) is 0. The maximum absolute atomic E-state index is 12.4. The smallest absolute Gasteiger partial charge is 0.298 e. The highest BCUT2D eigenvalue weighted by Gasteiger charge is 2.40. The van der Waals surface area contributed by atoms with Crippen LogP contribution in [0.25, 0.3) is 0 Å². The Hall–Kier alpha value is -2.37. The fraction of sp³-hybridized carbons (Fsp3) is 0.400. The second-order valence-electron chi connectivity index (χ2n) is 5.36. The number of urea groups is 2. The third kappa shape index (κ3) is 3.81. The van der Waals surface area contributed by atoms with Crippen LogP contribution in [0.3, 0.4) is 0 Å². The average Bonchev–Trinajstić information content (AvgIpc) is 2.35. The topological polar surface area (TPSA) is 60.9 Å². The van der Waals surface area contributed by atoms with Crippen LogP contribution in [0.15, 0.2) is 36.7 Å². The van der Waals surface area contributed by atoms with Crippen molar-refractivity contribution in [3.8, 4) is 0 Å². The van der Waals surface area contributed by atoms with E-state index in [0.29, 0.717) is 5.57 Å². The molecule has 0 spiro atoms. The summed E-state index contributed by atoms with van der Waals surface area (Å²) in [5, 5.41) is 0. The maximum atomic E-state index is 12.4. The van der Waals surface area contributed by atoms with Gasteiger partial charge < -0.3 is 0 Å². The summed E-state index contributed by atoms with van der Waals surface area (Å²) in [5.74, 6) is 0.00515. The van der Waals surface area contributed by atoms with Gasteiger partial charge in [0, 0.05) is 6.54 Å². The molecule has 0 unspecified atom stereocenters. The van der Waals surface area contributed by atoms with Crippen molar-refractivity contribution in [1.29, 1.82) is 0 Å². The molecule has 114 valence electrons. The molecule has 0 N–H and O–H groups in total. The van der Waals surface area contributed by atoms with Gasteiger partial charge >= 0.3 is 12.1 Å². The highest BCUT2D eigenvalue weighted by atomic mass is 16.2. The van der Waals surface area contributed by atoms with E-state index in [2.05, 4.69) is 19.7 Å². The number of ketones is 1. The van der Waals surface area contributed by atoms with Crippen LogP contribution < -0.4 is 0 Å². The molecule has 4 amide bonds. The van der Waals surface area contributed by atoms with E-state index in [1.165, 1.54) is 16.7 Å². The van der Waals surface area contributed by atoms with Crippen molar-refractivity contribution in [2.45, 2.75) is 20.8 Å². The third-order valence-electron chi connectivity index (χ3n) is 2.78. The van der Waals surface area contributed by atoms with Gasteiger partial charge in [0.15, 0.2) is 0 Å². The van der Waals surface area contributed by atoms with Gasteiger partial charge in [-0.25, -0.2) is 14.5 Å². The summed E-state index contributed by atoms with van der Waals surface area (Å²) in [6.07, 6.45) is 0. The van der Waals surface area contributed by atoms with Crippen LogP contribution in [0.5, 0.6) is 0 Å². The zero-order valence-electron chi connectivity index (χ0n) is 12.8. The first-order chi connectivity index (χ1) is 9.65. The molecule has 0 aromatic carbocycles. The van der Waals surface area contributed by atoms with E-state index in [4.69, 9.17) is 0 Å². The Bertz CT molecular complexity index is 442. The van der Waals surface area contributed by atoms with Gasteiger partial charge in [-0.15, -0.1) is 0 Å². The molecule has 1 aliphatic rings. The number of hydrogen-bond acceptors (Lipinski definition) is 3. The highest BCUT2D eigenvalue weighted by molar-refractivity contribution is 5.99. The average molecular weight is 291 g/mol. The van der Waals surface area contributed by atoms with Crippen LogP contribution in [0.1, 0.15) is 20.8 Å². The number of carbonyl (C=O) groups excluding carboxylic acids is 3. The molecule has 21 heavy (non-hydrogen) atoms. The Balaban J connectivity index is 3.16. The van der Waals surface area contributed by atoms with Crippen molar-refractivity contribution in [1.82, 2.24) is 14.7 Å². The summed E-state index contributed by atoms with van der Waals surface area (Å²) >= 11 is 0. The number of Topliss-reactive ketones (excluding diaryl/α,β-unsaturated/α-hetero) is 1. The fourth-order valence-electron chi connectivity index (χ4n) is 1.96. The zero-order valence-corrected chi connectivity index (χ0v) is 12.8. The molecule has 1 aliphatic heterocycles. The predicted octanol–water partition coefficient (Wildman–Crippen LogP) is 2.36. The molecule has 0 aliphatic carbocycles. The van der Waals surface area contributed by atoms with Crippen molar-refractivity contribution in [2.75, 3.05) is 19.6 Å². The van der Waals surface area contributed by atoms with Crippen molar-refractivity contribution >= 4 is 17.8 Å². The van der Waals surface area contributed by atoms with Crippen molar-refractivity contribution in [2.24, 2.45) is 0 Å². The molecule has 0 atom stereocenters. The van der Waals surface area contributed by atoms with Crippen molar-refractivity contribution < 1.29 is 14.4 Å². The summed E-state index contributed by atoms with van der Waals surface area (Å²) < 4.78 is 0. The predicted molar refractivity (Wildman–Crippen MR) is 80.4 cm³/mol. The van der Waals surface area contributed by atoms with Crippen LogP contribution in [0.2, 0.25) is 0 Å². The summed E-state index contributed by atoms with van der Waals surface area (Å²) in [6.45, 7) is 16.4. The molecular weight excluding hydrogens is 270 g/mol. The lowest BCUT2D eigenvalue weighted by Crippen LogP contribution is -2.60. The minimum Gasteiger partial charge on any atom is -0.298 e. The molecule has 0 aromatic rings. The van der Waals surface area contributed by atoms with Gasteiger partial charge in [0.05, 0.1) is 13.1 Å². The van der Waals surface area contributed by atoms with Crippen LogP contribution in [-0.2, 0) is 4.79 Å². The van der Waals surface area contributed by atoms with Crippen LogP contribution >= 0.6 is 0 Å². The molecule has 1 fully saturated rings. The summed E-state index contributed by atoms with van der Waals surface area (Å²) in [5.41, 5.74) is 1.42. The second kappa shape index (κ2) is 6.39. The van der Waals surface area contributed by atoms with Gasteiger partial charge in [-0.05, 0) is 20.8 Å². The van der Waals surface area contributed by atoms with Gasteiger partial charge in [-0.1, -0.05) is 30.9 Å². The standard InChI is InChI=1S/C15H21N3O3/c1-10(2)7-16-13(6)17(9-12(5)19)15(21)18(14(16)20)8-11(3)4/h1,3,6-9H2,2,4-5H3. The molecule has 0 saturated carbocycles.